The van der Waals surface area contributed by atoms with Crippen molar-refractivity contribution >= 4 is 23.4 Å². The molecule has 0 unspecified atom stereocenters. The number of hydrogen-bond acceptors (Lipinski definition) is 6. The van der Waals surface area contributed by atoms with Gasteiger partial charge in [-0.05, 0) is 25.1 Å². The first-order chi connectivity index (χ1) is 11.6. The minimum absolute atomic E-state index is 0.299. The van der Waals surface area contributed by atoms with Gasteiger partial charge in [0.1, 0.15) is 17.3 Å². The SMILES string of the molecule is CCOC(=O)c1cnc(NCc2ccc(OC)cc2OC)c(Cl)c1. The lowest BCUT2D eigenvalue weighted by Gasteiger charge is -2.12. The Morgan fingerprint density at radius 3 is 2.67 bits per heavy atom. The first-order valence-corrected chi connectivity index (χ1v) is 7.74. The minimum Gasteiger partial charge on any atom is -0.497 e. The zero-order chi connectivity index (χ0) is 17.5. The Morgan fingerprint density at radius 1 is 1.25 bits per heavy atom. The smallest absolute Gasteiger partial charge is 0.339 e. The number of anilines is 1. The van der Waals surface area contributed by atoms with Crippen LogP contribution in [0.3, 0.4) is 0 Å². The number of rotatable bonds is 7. The van der Waals surface area contributed by atoms with E-state index in [9.17, 15) is 4.79 Å². The van der Waals surface area contributed by atoms with Crippen LogP contribution in [0, 0.1) is 0 Å². The maximum Gasteiger partial charge on any atom is 0.339 e. The van der Waals surface area contributed by atoms with E-state index in [0.717, 1.165) is 5.56 Å². The van der Waals surface area contributed by atoms with E-state index in [4.69, 9.17) is 25.8 Å². The standard InChI is InChI=1S/C17H19ClN2O4/c1-4-24-17(21)12-7-14(18)16(20-10-12)19-9-11-5-6-13(22-2)8-15(11)23-3/h5-8,10H,4,9H2,1-3H3,(H,19,20). The van der Waals surface area contributed by atoms with Gasteiger partial charge in [0.15, 0.2) is 0 Å². The van der Waals surface area contributed by atoms with Gasteiger partial charge in [-0.15, -0.1) is 0 Å². The lowest BCUT2D eigenvalue weighted by molar-refractivity contribution is 0.0526. The Bertz CT molecular complexity index is 722. The van der Waals surface area contributed by atoms with E-state index in [1.54, 1.807) is 27.2 Å². The fourth-order valence-corrected chi connectivity index (χ4v) is 2.30. The summed E-state index contributed by atoms with van der Waals surface area (Å²) < 4.78 is 15.4. The van der Waals surface area contributed by atoms with Crippen molar-refractivity contribution in [3.63, 3.8) is 0 Å². The van der Waals surface area contributed by atoms with E-state index < -0.39 is 5.97 Å². The number of halogens is 1. The predicted molar refractivity (Wildman–Crippen MR) is 92.1 cm³/mol. The third-order valence-corrected chi connectivity index (χ3v) is 3.58. The molecule has 24 heavy (non-hydrogen) atoms. The number of methoxy groups -OCH3 is 2. The van der Waals surface area contributed by atoms with Gasteiger partial charge in [-0.2, -0.15) is 0 Å². The van der Waals surface area contributed by atoms with Gasteiger partial charge in [0, 0.05) is 24.4 Å². The summed E-state index contributed by atoms with van der Waals surface area (Å²) in [6.07, 6.45) is 1.43. The fourth-order valence-electron chi connectivity index (χ4n) is 2.07. The largest absolute Gasteiger partial charge is 0.497 e. The van der Waals surface area contributed by atoms with Gasteiger partial charge >= 0.3 is 5.97 Å². The Balaban J connectivity index is 2.11. The van der Waals surface area contributed by atoms with Crippen LogP contribution in [0.5, 0.6) is 11.5 Å². The number of benzene rings is 1. The molecular formula is C17H19ClN2O4. The second kappa shape index (κ2) is 8.40. The van der Waals surface area contributed by atoms with Crippen molar-refractivity contribution in [1.29, 1.82) is 0 Å². The molecule has 0 aliphatic rings. The van der Waals surface area contributed by atoms with E-state index in [2.05, 4.69) is 10.3 Å². The van der Waals surface area contributed by atoms with Gasteiger partial charge in [0.05, 0.1) is 31.4 Å². The van der Waals surface area contributed by atoms with E-state index in [0.29, 0.717) is 41.1 Å². The highest BCUT2D eigenvalue weighted by atomic mass is 35.5. The van der Waals surface area contributed by atoms with E-state index in [-0.39, 0.29) is 0 Å². The number of nitrogens with zero attached hydrogens (tertiary/aromatic N) is 1. The molecule has 1 aromatic carbocycles. The van der Waals surface area contributed by atoms with Gasteiger partial charge in [0.25, 0.3) is 0 Å². The van der Waals surface area contributed by atoms with Gasteiger partial charge in [-0.25, -0.2) is 9.78 Å². The highest BCUT2D eigenvalue weighted by molar-refractivity contribution is 6.33. The zero-order valence-corrected chi connectivity index (χ0v) is 14.5. The molecule has 1 N–H and O–H groups in total. The highest BCUT2D eigenvalue weighted by Crippen LogP contribution is 2.26. The molecule has 7 heteroatoms. The molecule has 2 aromatic rings. The molecule has 0 fully saturated rings. The molecule has 0 radical (unpaired) electrons. The summed E-state index contributed by atoms with van der Waals surface area (Å²) >= 11 is 6.18. The topological polar surface area (TPSA) is 69.7 Å². The van der Waals surface area contributed by atoms with Crippen molar-refractivity contribution in [1.82, 2.24) is 4.98 Å². The summed E-state index contributed by atoms with van der Waals surface area (Å²) in [5.41, 5.74) is 1.24. The van der Waals surface area contributed by atoms with E-state index in [1.807, 2.05) is 12.1 Å². The van der Waals surface area contributed by atoms with Crippen LogP contribution in [0.15, 0.2) is 30.5 Å². The molecule has 1 heterocycles. The minimum atomic E-state index is -0.449. The molecular weight excluding hydrogens is 332 g/mol. The average molecular weight is 351 g/mol. The summed E-state index contributed by atoms with van der Waals surface area (Å²) in [5.74, 6) is 1.43. The van der Waals surface area contributed by atoms with Crippen LogP contribution >= 0.6 is 11.6 Å². The quantitative estimate of drug-likeness (QED) is 0.770. The van der Waals surface area contributed by atoms with Crippen LogP contribution in [0.25, 0.3) is 0 Å². The molecule has 6 nitrogen and oxygen atoms in total. The fraction of sp³-hybridized carbons (Fsp3) is 0.294. The van der Waals surface area contributed by atoms with E-state index >= 15 is 0 Å². The number of carbonyl (C=O) groups is 1. The van der Waals surface area contributed by atoms with Gasteiger partial charge in [0.2, 0.25) is 0 Å². The highest BCUT2D eigenvalue weighted by Gasteiger charge is 2.11. The van der Waals surface area contributed by atoms with Crippen molar-refractivity contribution in [2.45, 2.75) is 13.5 Å². The number of esters is 1. The van der Waals surface area contributed by atoms with Crippen molar-refractivity contribution in [2.75, 3.05) is 26.1 Å². The molecule has 0 spiro atoms. The first-order valence-electron chi connectivity index (χ1n) is 7.36. The average Bonchev–Trinajstić information content (AvgIpc) is 2.60. The Hall–Kier alpha value is -2.47. The molecule has 0 saturated heterocycles. The number of carbonyl (C=O) groups excluding carboxylic acids is 1. The van der Waals surface area contributed by atoms with Crippen LogP contribution in [0.2, 0.25) is 5.02 Å². The van der Waals surface area contributed by atoms with Crippen molar-refractivity contribution in [3.8, 4) is 11.5 Å². The molecule has 0 atom stereocenters. The van der Waals surface area contributed by atoms with Crippen LogP contribution in [-0.4, -0.2) is 31.8 Å². The van der Waals surface area contributed by atoms with Crippen molar-refractivity contribution in [2.24, 2.45) is 0 Å². The van der Waals surface area contributed by atoms with Gasteiger partial charge < -0.3 is 19.5 Å². The van der Waals surface area contributed by atoms with Crippen LogP contribution in [-0.2, 0) is 11.3 Å². The van der Waals surface area contributed by atoms with E-state index in [1.165, 1.54) is 12.3 Å². The van der Waals surface area contributed by atoms with Crippen LogP contribution < -0.4 is 14.8 Å². The Labute approximate surface area is 145 Å². The zero-order valence-electron chi connectivity index (χ0n) is 13.8. The normalized spacial score (nSPS) is 10.2. The van der Waals surface area contributed by atoms with Crippen molar-refractivity contribution in [3.05, 3.63) is 46.6 Å². The number of pyridine rings is 1. The molecule has 0 saturated carbocycles. The monoisotopic (exact) mass is 350 g/mol. The number of ether oxygens (including phenoxy) is 3. The van der Waals surface area contributed by atoms with Crippen LogP contribution in [0.4, 0.5) is 5.82 Å². The predicted octanol–water partition coefficient (Wildman–Crippen LogP) is 3.54. The van der Waals surface area contributed by atoms with Gasteiger partial charge in [-0.1, -0.05) is 11.6 Å². The Kier molecular flexibility index (Phi) is 6.26. The summed E-state index contributed by atoms with van der Waals surface area (Å²) in [6, 6.07) is 7.07. The molecule has 1 aromatic heterocycles. The maximum atomic E-state index is 11.7. The third-order valence-electron chi connectivity index (χ3n) is 3.29. The number of aromatic nitrogens is 1. The van der Waals surface area contributed by atoms with Gasteiger partial charge in [-0.3, -0.25) is 0 Å². The lowest BCUT2D eigenvalue weighted by Crippen LogP contribution is -2.08. The maximum absolute atomic E-state index is 11.7. The number of hydrogen-bond donors (Lipinski definition) is 1. The summed E-state index contributed by atoms with van der Waals surface area (Å²) in [7, 11) is 3.19. The lowest BCUT2D eigenvalue weighted by atomic mass is 10.2. The second-order valence-electron chi connectivity index (χ2n) is 4.81. The van der Waals surface area contributed by atoms with Crippen LogP contribution in [0.1, 0.15) is 22.8 Å². The Morgan fingerprint density at radius 2 is 2.04 bits per heavy atom. The molecule has 2 rings (SSSR count). The molecule has 0 amide bonds. The number of nitrogens with one attached hydrogen (secondary N) is 1. The molecule has 0 aliphatic carbocycles. The molecule has 128 valence electrons. The summed E-state index contributed by atoms with van der Waals surface area (Å²) in [5, 5.41) is 3.46. The van der Waals surface area contributed by atoms with Crippen molar-refractivity contribution < 1.29 is 19.0 Å². The molecule has 0 aliphatic heterocycles. The molecule has 0 bridgehead atoms. The summed E-state index contributed by atoms with van der Waals surface area (Å²) in [4.78, 5) is 15.8. The third kappa shape index (κ3) is 4.29. The summed E-state index contributed by atoms with van der Waals surface area (Å²) in [6.45, 7) is 2.50. The first kappa shape index (κ1) is 17.9. The second-order valence-corrected chi connectivity index (χ2v) is 5.21.